The largest absolute Gasteiger partial charge is 0.468 e. The van der Waals surface area contributed by atoms with Gasteiger partial charge in [0.05, 0.1) is 7.11 Å². The van der Waals surface area contributed by atoms with E-state index >= 15 is 0 Å². The van der Waals surface area contributed by atoms with Crippen LogP contribution in [0, 0.1) is 5.41 Å². The minimum atomic E-state index is -0.914. The molecule has 110 valence electrons. The summed E-state index contributed by atoms with van der Waals surface area (Å²) in [6, 6.07) is 9.31. The van der Waals surface area contributed by atoms with Crippen LogP contribution in [0.4, 0.5) is 0 Å². The van der Waals surface area contributed by atoms with Crippen molar-refractivity contribution in [2.75, 3.05) is 13.0 Å². The molecule has 1 aromatic rings. The third-order valence-electron chi connectivity index (χ3n) is 3.57. The number of allylic oxidation sites excluding steroid dienone is 2. The highest BCUT2D eigenvalue weighted by atomic mass is 35.5. The molecule has 0 N–H and O–H groups in total. The number of hydrogen-bond donors (Lipinski definition) is 0. The Morgan fingerprint density at radius 3 is 2.62 bits per heavy atom. The first-order valence-corrected chi connectivity index (χ1v) is 7.32. The Hall–Kier alpha value is -1.87. The van der Waals surface area contributed by atoms with Gasteiger partial charge in [-0.3, -0.25) is 9.59 Å². The normalized spacial score (nSPS) is 21.0. The average molecular weight is 305 g/mol. The van der Waals surface area contributed by atoms with Crippen LogP contribution in [0.25, 0.3) is 5.57 Å². The summed E-state index contributed by atoms with van der Waals surface area (Å²) in [7, 11) is 1.35. The smallest absolute Gasteiger partial charge is 0.319 e. The third-order valence-corrected chi connectivity index (χ3v) is 3.84. The zero-order chi connectivity index (χ0) is 15.3. The molecule has 0 amide bonds. The number of rotatable bonds is 5. The number of hydrogen-bond acceptors (Lipinski definition) is 3. The molecule has 1 aliphatic carbocycles. The van der Waals surface area contributed by atoms with Crippen LogP contribution in [0.1, 0.15) is 18.4 Å². The molecule has 2 rings (SSSR count). The number of benzene rings is 1. The second-order valence-corrected chi connectivity index (χ2v) is 5.32. The Kier molecular flexibility index (Phi) is 4.97. The van der Waals surface area contributed by atoms with Gasteiger partial charge in [-0.05, 0) is 24.5 Å². The molecule has 1 atom stereocenters. The van der Waals surface area contributed by atoms with E-state index in [1.807, 2.05) is 30.3 Å². The molecular formula is C17H17ClO3. The van der Waals surface area contributed by atoms with Crippen molar-refractivity contribution in [3.05, 3.63) is 54.1 Å². The Bertz CT molecular complexity index is 589. The predicted molar refractivity (Wildman–Crippen MR) is 83.0 cm³/mol. The fourth-order valence-corrected chi connectivity index (χ4v) is 2.60. The molecule has 0 heterocycles. The standard InChI is InChI=1S/C17H17ClO3/c1-21-16(20)17(9-5-11-18)10-8-15(19)14(12-17)13-6-3-2-4-7-13/h2-4,6-8,10,12H,5,9,11H2,1H3. The lowest BCUT2D eigenvalue weighted by Gasteiger charge is -2.28. The van der Waals surface area contributed by atoms with Gasteiger partial charge in [0.1, 0.15) is 5.41 Å². The van der Waals surface area contributed by atoms with Crippen LogP contribution in [0.3, 0.4) is 0 Å². The first-order chi connectivity index (χ1) is 10.1. The van der Waals surface area contributed by atoms with E-state index < -0.39 is 5.41 Å². The van der Waals surface area contributed by atoms with Gasteiger partial charge in [0, 0.05) is 11.5 Å². The summed E-state index contributed by atoms with van der Waals surface area (Å²) >= 11 is 5.75. The summed E-state index contributed by atoms with van der Waals surface area (Å²) in [5.41, 5.74) is 0.409. The van der Waals surface area contributed by atoms with Crippen molar-refractivity contribution in [1.29, 1.82) is 0 Å². The predicted octanol–water partition coefficient (Wildman–Crippen LogP) is 3.39. The maximum Gasteiger partial charge on any atom is 0.319 e. The van der Waals surface area contributed by atoms with Crippen LogP contribution in [0.15, 0.2) is 48.6 Å². The monoisotopic (exact) mass is 304 g/mol. The van der Waals surface area contributed by atoms with Gasteiger partial charge in [0.2, 0.25) is 0 Å². The third kappa shape index (κ3) is 3.24. The Morgan fingerprint density at radius 2 is 2.00 bits per heavy atom. The second-order valence-electron chi connectivity index (χ2n) is 4.95. The number of ether oxygens (including phenoxy) is 1. The van der Waals surface area contributed by atoms with Crippen LogP contribution in [-0.2, 0) is 14.3 Å². The molecule has 0 aromatic heterocycles. The number of carbonyl (C=O) groups excluding carboxylic acids is 2. The highest BCUT2D eigenvalue weighted by Gasteiger charge is 2.38. The summed E-state index contributed by atoms with van der Waals surface area (Å²) in [6.07, 6.45) is 5.97. The van der Waals surface area contributed by atoms with Gasteiger partial charge in [-0.1, -0.05) is 42.5 Å². The van der Waals surface area contributed by atoms with Gasteiger partial charge in [0.15, 0.2) is 5.78 Å². The average Bonchev–Trinajstić information content (AvgIpc) is 2.54. The van der Waals surface area contributed by atoms with Gasteiger partial charge in [0.25, 0.3) is 0 Å². The molecule has 0 bridgehead atoms. The summed E-state index contributed by atoms with van der Waals surface area (Å²) in [4.78, 5) is 24.3. The second kappa shape index (κ2) is 6.72. The fourth-order valence-electron chi connectivity index (χ4n) is 2.47. The highest BCUT2D eigenvalue weighted by molar-refractivity contribution is 6.27. The van der Waals surface area contributed by atoms with Crippen LogP contribution >= 0.6 is 11.6 Å². The van der Waals surface area contributed by atoms with E-state index in [4.69, 9.17) is 16.3 Å². The molecule has 1 aliphatic rings. The van der Waals surface area contributed by atoms with Crippen molar-refractivity contribution in [1.82, 2.24) is 0 Å². The minimum Gasteiger partial charge on any atom is -0.468 e. The molecule has 0 aliphatic heterocycles. The number of alkyl halides is 1. The van der Waals surface area contributed by atoms with E-state index in [2.05, 4.69) is 0 Å². The number of halogens is 1. The molecule has 0 radical (unpaired) electrons. The molecule has 21 heavy (non-hydrogen) atoms. The molecular weight excluding hydrogens is 288 g/mol. The van der Waals surface area contributed by atoms with Gasteiger partial charge in [-0.2, -0.15) is 0 Å². The summed E-state index contributed by atoms with van der Waals surface area (Å²) in [5, 5.41) is 0. The van der Waals surface area contributed by atoms with Gasteiger partial charge in [-0.15, -0.1) is 11.6 Å². The van der Waals surface area contributed by atoms with Crippen molar-refractivity contribution in [2.24, 2.45) is 5.41 Å². The first kappa shape index (κ1) is 15.5. The number of methoxy groups -OCH3 is 1. The quantitative estimate of drug-likeness (QED) is 0.618. The summed E-state index contributed by atoms with van der Waals surface area (Å²) in [6.45, 7) is 0. The zero-order valence-electron chi connectivity index (χ0n) is 11.8. The van der Waals surface area contributed by atoms with Crippen molar-refractivity contribution >= 4 is 28.9 Å². The van der Waals surface area contributed by atoms with Gasteiger partial charge in [-0.25, -0.2) is 0 Å². The minimum absolute atomic E-state index is 0.105. The molecule has 0 spiro atoms. The molecule has 1 unspecified atom stereocenters. The maximum atomic E-state index is 12.2. The summed E-state index contributed by atoms with van der Waals surface area (Å²) < 4.78 is 4.92. The van der Waals surface area contributed by atoms with Crippen molar-refractivity contribution in [3.63, 3.8) is 0 Å². The zero-order valence-corrected chi connectivity index (χ0v) is 12.6. The first-order valence-electron chi connectivity index (χ1n) is 6.79. The highest BCUT2D eigenvalue weighted by Crippen LogP contribution is 2.37. The fraction of sp³-hybridized carbons (Fsp3) is 0.294. The lowest BCUT2D eigenvalue weighted by Crippen LogP contribution is -2.31. The summed E-state index contributed by atoms with van der Waals surface area (Å²) in [5.74, 6) is -0.0221. The topological polar surface area (TPSA) is 43.4 Å². The van der Waals surface area contributed by atoms with Crippen molar-refractivity contribution < 1.29 is 14.3 Å². The van der Waals surface area contributed by atoms with E-state index in [-0.39, 0.29) is 11.8 Å². The van der Waals surface area contributed by atoms with E-state index in [1.54, 1.807) is 12.2 Å². The number of ketones is 1. The number of carbonyl (C=O) groups is 2. The van der Waals surface area contributed by atoms with E-state index in [9.17, 15) is 9.59 Å². The SMILES string of the molecule is COC(=O)C1(CCCCl)C=CC(=O)C(c2ccccc2)=C1. The van der Waals surface area contributed by atoms with Gasteiger partial charge >= 0.3 is 5.97 Å². The van der Waals surface area contributed by atoms with Crippen LogP contribution in [0.2, 0.25) is 0 Å². The Morgan fingerprint density at radius 1 is 1.29 bits per heavy atom. The Balaban J connectivity index is 2.46. The lowest BCUT2D eigenvalue weighted by molar-refractivity contribution is -0.147. The van der Waals surface area contributed by atoms with Gasteiger partial charge < -0.3 is 4.74 Å². The molecule has 0 saturated carbocycles. The molecule has 0 saturated heterocycles. The molecule has 4 heteroatoms. The van der Waals surface area contributed by atoms with Crippen LogP contribution < -0.4 is 0 Å². The molecule has 0 fully saturated rings. The van der Waals surface area contributed by atoms with E-state index in [0.29, 0.717) is 24.3 Å². The van der Waals surface area contributed by atoms with E-state index in [1.165, 1.54) is 13.2 Å². The molecule has 1 aromatic carbocycles. The lowest BCUT2D eigenvalue weighted by atomic mass is 9.76. The van der Waals surface area contributed by atoms with E-state index in [0.717, 1.165) is 5.56 Å². The van der Waals surface area contributed by atoms with Crippen LogP contribution in [-0.4, -0.2) is 24.7 Å². The number of esters is 1. The Labute approximate surface area is 129 Å². The van der Waals surface area contributed by atoms with Crippen molar-refractivity contribution in [3.8, 4) is 0 Å². The molecule has 3 nitrogen and oxygen atoms in total. The van der Waals surface area contributed by atoms with Crippen molar-refractivity contribution in [2.45, 2.75) is 12.8 Å². The maximum absolute atomic E-state index is 12.2. The van der Waals surface area contributed by atoms with Crippen LogP contribution in [0.5, 0.6) is 0 Å².